The fraction of sp³-hybridized carbons (Fsp3) is 0.625. The summed E-state index contributed by atoms with van der Waals surface area (Å²) in [5.41, 5.74) is 10.3. The monoisotopic (exact) mass is 275 g/mol. The molecule has 0 radical (unpaired) electrons. The van der Waals surface area contributed by atoms with Gasteiger partial charge in [-0.25, -0.2) is 0 Å². The topological polar surface area (TPSA) is 41.7 Å². The number of rotatable bonds is 4. The van der Waals surface area contributed by atoms with Crippen molar-refractivity contribution in [1.82, 2.24) is 4.90 Å². The third-order valence-electron chi connectivity index (χ3n) is 4.79. The van der Waals surface area contributed by atoms with Gasteiger partial charge in [-0.3, -0.25) is 4.90 Å². The highest BCUT2D eigenvalue weighted by Gasteiger charge is 2.29. The van der Waals surface area contributed by atoms with E-state index in [0.29, 0.717) is 18.7 Å². The van der Waals surface area contributed by atoms with E-state index in [1.165, 1.54) is 16.8 Å². The smallest absolute Gasteiger partial charge is 0.0710 e. The van der Waals surface area contributed by atoms with Crippen LogP contribution in [-0.4, -0.2) is 51.3 Å². The maximum Gasteiger partial charge on any atom is 0.0710 e. The molecule has 2 unspecified atom stereocenters. The largest absolute Gasteiger partial charge is 0.380 e. The Morgan fingerprint density at radius 2 is 2.25 bits per heavy atom. The Hall–Kier alpha value is -1.10. The molecular formula is C16H25N3O. The number of methoxy groups -OCH3 is 1. The number of fused-ring (bicyclic) bond motifs is 1. The van der Waals surface area contributed by atoms with Gasteiger partial charge in [0.05, 0.1) is 6.10 Å². The van der Waals surface area contributed by atoms with E-state index in [2.05, 4.69) is 35.0 Å². The lowest BCUT2D eigenvalue weighted by atomic mass is 10.0. The summed E-state index contributed by atoms with van der Waals surface area (Å²) in [5.74, 6) is 0. The molecule has 2 aliphatic rings. The van der Waals surface area contributed by atoms with Crippen LogP contribution in [0.2, 0.25) is 0 Å². The quantitative estimate of drug-likeness (QED) is 0.902. The van der Waals surface area contributed by atoms with E-state index in [1.807, 2.05) is 0 Å². The third-order valence-corrected chi connectivity index (χ3v) is 4.79. The number of hydrogen-bond acceptors (Lipinski definition) is 4. The Labute approximate surface area is 121 Å². The van der Waals surface area contributed by atoms with Crippen molar-refractivity contribution in [3.63, 3.8) is 0 Å². The van der Waals surface area contributed by atoms with Crippen molar-refractivity contribution in [3.8, 4) is 0 Å². The summed E-state index contributed by atoms with van der Waals surface area (Å²) in [6.07, 6.45) is 2.63. The molecule has 1 aromatic rings. The molecule has 3 rings (SSSR count). The summed E-state index contributed by atoms with van der Waals surface area (Å²) in [5, 5.41) is 0. The van der Waals surface area contributed by atoms with E-state index in [4.69, 9.17) is 10.5 Å². The van der Waals surface area contributed by atoms with Crippen molar-refractivity contribution >= 4 is 5.69 Å². The second kappa shape index (κ2) is 5.72. The van der Waals surface area contributed by atoms with E-state index in [1.54, 1.807) is 7.11 Å². The second-order valence-electron chi connectivity index (χ2n) is 5.95. The number of benzene rings is 1. The lowest BCUT2D eigenvalue weighted by Gasteiger charge is -2.27. The molecule has 0 aromatic heterocycles. The molecule has 2 N–H and O–H groups in total. The SMILES string of the molecule is COC1CCN(C(CN)c2ccc3c(c2)CCN3C)C1. The van der Waals surface area contributed by atoms with Gasteiger partial charge in [-0.05, 0) is 30.0 Å². The van der Waals surface area contributed by atoms with E-state index in [0.717, 1.165) is 32.5 Å². The number of nitrogens with zero attached hydrogens (tertiary/aromatic N) is 2. The van der Waals surface area contributed by atoms with Crippen molar-refractivity contribution < 1.29 is 4.74 Å². The number of hydrogen-bond donors (Lipinski definition) is 1. The van der Waals surface area contributed by atoms with E-state index < -0.39 is 0 Å². The van der Waals surface area contributed by atoms with Crippen LogP contribution in [0.25, 0.3) is 0 Å². The zero-order chi connectivity index (χ0) is 14.1. The fourth-order valence-corrected chi connectivity index (χ4v) is 3.52. The number of ether oxygens (including phenoxy) is 1. The Morgan fingerprint density at radius 3 is 2.95 bits per heavy atom. The van der Waals surface area contributed by atoms with Gasteiger partial charge in [0.25, 0.3) is 0 Å². The molecule has 110 valence electrons. The maximum atomic E-state index is 6.05. The zero-order valence-electron chi connectivity index (χ0n) is 12.5. The molecule has 2 atom stereocenters. The molecular weight excluding hydrogens is 250 g/mol. The number of likely N-dealkylation sites (tertiary alicyclic amines) is 1. The standard InChI is InChI=1S/C16H25N3O/c1-18-7-5-13-9-12(3-4-15(13)18)16(10-17)19-8-6-14(11-19)20-2/h3-4,9,14,16H,5-8,10-11,17H2,1-2H3. The molecule has 1 saturated heterocycles. The first-order chi connectivity index (χ1) is 9.72. The van der Waals surface area contributed by atoms with Crippen molar-refractivity contribution in [2.24, 2.45) is 5.73 Å². The number of nitrogens with two attached hydrogens (primary N) is 1. The van der Waals surface area contributed by atoms with Gasteiger partial charge in [0, 0.05) is 52.1 Å². The van der Waals surface area contributed by atoms with Gasteiger partial charge in [-0.15, -0.1) is 0 Å². The maximum absolute atomic E-state index is 6.05. The Balaban J connectivity index is 1.80. The average Bonchev–Trinajstić information content (AvgIpc) is 3.07. The Bertz CT molecular complexity index is 477. The minimum Gasteiger partial charge on any atom is -0.380 e. The molecule has 0 amide bonds. The van der Waals surface area contributed by atoms with Crippen LogP contribution in [0.4, 0.5) is 5.69 Å². The normalized spacial score (nSPS) is 24.1. The molecule has 4 nitrogen and oxygen atoms in total. The molecule has 2 aliphatic heterocycles. The van der Waals surface area contributed by atoms with Crippen LogP contribution in [0, 0.1) is 0 Å². The summed E-state index contributed by atoms with van der Waals surface area (Å²) in [6.45, 7) is 3.87. The minimum absolute atomic E-state index is 0.325. The van der Waals surface area contributed by atoms with Crippen LogP contribution >= 0.6 is 0 Å². The predicted molar refractivity (Wildman–Crippen MR) is 82.2 cm³/mol. The molecule has 1 fully saturated rings. The van der Waals surface area contributed by atoms with E-state index >= 15 is 0 Å². The van der Waals surface area contributed by atoms with Gasteiger partial charge in [0.15, 0.2) is 0 Å². The van der Waals surface area contributed by atoms with Crippen LogP contribution < -0.4 is 10.6 Å². The number of likely N-dealkylation sites (N-methyl/N-ethyl adjacent to an activating group) is 1. The first-order valence-electron chi connectivity index (χ1n) is 7.53. The molecule has 0 saturated carbocycles. The first kappa shape index (κ1) is 13.9. The van der Waals surface area contributed by atoms with Gasteiger partial charge in [0.1, 0.15) is 0 Å². The van der Waals surface area contributed by atoms with Crippen molar-refractivity contribution in [1.29, 1.82) is 0 Å². The van der Waals surface area contributed by atoms with Gasteiger partial charge in [0.2, 0.25) is 0 Å². The van der Waals surface area contributed by atoms with E-state index in [-0.39, 0.29) is 0 Å². The molecule has 20 heavy (non-hydrogen) atoms. The molecule has 0 aliphatic carbocycles. The summed E-state index contributed by atoms with van der Waals surface area (Å²) < 4.78 is 5.47. The van der Waals surface area contributed by atoms with Crippen molar-refractivity contribution in [2.75, 3.05) is 45.2 Å². The van der Waals surface area contributed by atoms with Gasteiger partial charge >= 0.3 is 0 Å². The molecule has 0 bridgehead atoms. The van der Waals surface area contributed by atoms with Crippen LogP contribution in [0.1, 0.15) is 23.6 Å². The van der Waals surface area contributed by atoms with Crippen LogP contribution in [0.5, 0.6) is 0 Å². The van der Waals surface area contributed by atoms with Crippen molar-refractivity contribution in [2.45, 2.75) is 25.0 Å². The highest BCUT2D eigenvalue weighted by Crippen LogP contribution is 2.32. The molecule has 1 aromatic carbocycles. The summed E-state index contributed by atoms with van der Waals surface area (Å²) in [6, 6.07) is 7.19. The zero-order valence-corrected chi connectivity index (χ0v) is 12.5. The Morgan fingerprint density at radius 1 is 1.40 bits per heavy atom. The fourth-order valence-electron chi connectivity index (χ4n) is 3.52. The van der Waals surface area contributed by atoms with Crippen molar-refractivity contribution in [3.05, 3.63) is 29.3 Å². The minimum atomic E-state index is 0.325. The lowest BCUT2D eigenvalue weighted by Crippen LogP contribution is -2.33. The summed E-state index contributed by atoms with van der Waals surface area (Å²) in [7, 11) is 3.96. The summed E-state index contributed by atoms with van der Waals surface area (Å²) in [4.78, 5) is 4.79. The predicted octanol–water partition coefficient (Wildman–Crippen LogP) is 1.40. The van der Waals surface area contributed by atoms with Crippen LogP contribution in [-0.2, 0) is 11.2 Å². The first-order valence-corrected chi connectivity index (χ1v) is 7.53. The Kier molecular flexibility index (Phi) is 3.96. The lowest BCUT2D eigenvalue weighted by molar-refractivity contribution is 0.101. The van der Waals surface area contributed by atoms with Gasteiger partial charge in [-0.2, -0.15) is 0 Å². The molecule has 0 spiro atoms. The van der Waals surface area contributed by atoms with Crippen LogP contribution in [0.3, 0.4) is 0 Å². The third kappa shape index (κ3) is 2.43. The van der Waals surface area contributed by atoms with Gasteiger partial charge < -0.3 is 15.4 Å². The van der Waals surface area contributed by atoms with E-state index in [9.17, 15) is 0 Å². The second-order valence-corrected chi connectivity index (χ2v) is 5.95. The average molecular weight is 275 g/mol. The molecule has 4 heteroatoms. The highest BCUT2D eigenvalue weighted by atomic mass is 16.5. The highest BCUT2D eigenvalue weighted by molar-refractivity contribution is 5.58. The molecule has 2 heterocycles. The van der Waals surface area contributed by atoms with Crippen LogP contribution in [0.15, 0.2) is 18.2 Å². The summed E-state index contributed by atoms with van der Waals surface area (Å²) >= 11 is 0. The number of anilines is 1. The van der Waals surface area contributed by atoms with Gasteiger partial charge in [-0.1, -0.05) is 12.1 Å².